The molecule has 1 aromatic heterocycles. The quantitative estimate of drug-likeness (QED) is 0.862. The van der Waals surface area contributed by atoms with E-state index in [2.05, 4.69) is 27.3 Å². The van der Waals surface area contributed by atoms with Crippen molar-refractivity contribution >= 4 is 5.82 Å². The van der Waals surface area contributed by atoms with Gasteiger partial charge in [-0.05, 0) is 38.2 Å². The summed E-state index contributed by atoms with van der Waals surface area (Å²) in [6.07, 6.45) is 8.61. The van der Waals surface area contributed by atoms with Crippen LogP contribution in [0.25, 0.3) is 0 Å². The molecule has 3 nitrogen and oxygen atoms in total. The Morgan fingerprint density at radius 1 is 1.24 bits per heavy atom. The molecule has 0 atom stereocenters. The van der Waals surface area contributed by atoms with Crippen molar-refractivity contribution in [3.63, 3.8) is 0 Å². The number of rotatable bonds is 4. The summed E-state index contributed by atoms with van der Waals surface area (Å²) in [7, 11) is 0. The lowest BCUT2D eigenvalue weighted by atomic mass is 10.1. The van der Waals surface area contributed by atoms with E-state index in [-0.39, 0.29) is 0 Å². The van der Waals surface area contributed by atoms with E-state index in [1.54, 1.807) is 0 Å². The summed E-state index contributed by atoms with van der Waals surface area (Å²) in [6.45, 7) is 3.32. The highest BCUT2D eigenvalue weighted by Crippen LogP contribution is 2.23. The van der Waals surface area contributed by atoms with Gasteiger partial charge in [-0.15, -0.1) is 0 Å². The minimum Gasteiger partial charge on any atom is -0.356 e. The lowest BCUT2D eigenvalue weighted by Crippen LogP contribution is -2.31. The van der Waals surface area contributed by atoms with Crippen LogP contribution in [0.4, 0.5) is 5.82 Å². The molecule has 3 heteroatoms. The van der Waals surface area contributed by atoms with Gasteiger partial charge in [-0.1, -0.05) is 6.07 Å². The maximum absolute atomic E-state index is 4.59. The van der Waals surface area contributed by atoms with Crippen LogP contribution in [0.15, 0.2) is 18.3 Å². The molecule has 1 saturated heterocycles. The van der Waals surface area contributed by atoms with Crippen molar-refractivity contribution in [1.82, 2.24) is 10.3 Å². The molecule has 1 saturated carbocycles. The lowest BCUT2D eigenvalue weighted by molar-refractivity contribution is 0.569. The van der Waals surface area contributed by atoms with Crippen LogP contribution in [0.2, 0.25) is 0 Å². The average Bonchev–Trinajstić information content (AvgIpc) is 3.22. The molecule has 2 aliphatic rings. The van der Waals surface area contributed by atoms with Crippen LogP contribution in [0.1, 0.15) is 37.7 Å². The minimum absolute atomic E-state index is 0.768. The molecule has 3 rings (SSSR count). The third kappa shape index (κ3) is 2.78. The van der Waals surface area contributed by atoms with Gasteiger partial charge in [0, 0.05) is 37.4 Å². The standard InChI is InChI=1S/C14H21N3/c1-2-9-17(10-3-1)14-12(5-4-8-15-14)11-16-13-6-7-13/h4-5,8,13,16H,1-3,6-7,9-11H2. The Labute approximate surface area is 103 Å². The van der Waals surface area contributed by atoms with Crippen molar-refractivity contribution in [3.8, 4) is 0 Å². The lowest BCUT2D eigenvalue weighted by Gasteiger charge is -2.29. The Bertz CT molecular complexity index is 367. The molecular formula is C14H21N3. The van der Waals surface area contributed by atoms with Crippen molar-refractivity contribution in [2.45, 2.75) is 44.7 Å². The summed E-state index contributed by atoms with van der Waals surface area (Å²) >= 11 is 0. The largest absolute Gasteiger partial charge is 0.356 e. The third-order valence-electron chi connectivity index (χ3n) is 3.68. The molecule has 0 spiro atoms. The fourth-order valence-electron chi connectivity index (χ4n) is 2.50. The van der Waals surface area contributed by atoms with Crippen LogP contribution in [0.5, 0.6) is 0 Å². The van der Waals surface area contributed by atoms with Gasteiger partial charge in [0.2, 0.25) is 0 Å². The fourth-order valence-corrected chi connectivity index (χ4v) is 2.50. The number of hydrogen-bond donors (Lipinski definition) is 1. The molecule has 0 aromatic carbocycles. The molecule has 1 aliphatic carbocycles. The van der Waals surface area contributed by atoms with Crippen molar-refractivity contribution in [2.24, 2.45) is 0 Å². The van der Waals surface area contributed by atoms with Crippen molar-refractivity contribution < 1.29 is 0 Å². The van der Waals surface area contributed by atoms with E-state index in [1.165, 1.54) is 56.6 Å². The monoisotopic (exact) mass is 231 g/mol. The van der Waals surface area contributed by atoms with Crippen LogP contribution < -0.4 is 10.2 Å². The normalized spacial score (nSPS) is 20.6. The molecule has 17 heavy (non-hydrogen) atoms. The molecule has 0 unspecified atom stereocenters. The van der Waals surface area contributed by atoms with Gasteiger partial charge >= 0.3 is 0 Å². The molecule has 2 fully saturated rings. The zero-order valence-corrected chi connectivity index (χ0v) is 10.4. The number of anilines is 1. The summed E-state index contributed by atoms with van der Waals surface area (Å²) in [5.74, 6) is 1.21. The second kappa shape index (κ2) is 5.05. The van der Waals surface area contributed by atoms with E-state index < -0.39 is 0 Å². The Morgan fingerprint density at radius 3 is 2.82 bits per heavy atom. The highest BCUT2D eigenvalue weighted by atomic mass is 15.2. The SMILES string of the molecule is c1cnc(N2CCCCC2)c(CNC2CC2)c1. The van der Waals surface area contributed by atoms with Crippen molar-refractivity contribution in [1.29, 1.82) is 0 Å². The summed E-state index contributed by atoms with van der Waals surface area (Å²) < 4.78 is 0. The van der Waals surface area contributed by atoms with Gasteiger partial charge in [-0.25, -0.2) is 4.98 Å². The van der Waals surface area contributed by atoms with Crippen molar-refractivity contribution in [3.05, 3.63) is 23.9 Å². The van der Waals surface area contributed by atoms with Crippen LogP contribution in [0, 0.1) is 0 Å². The van der Waals surface area contributed by atoms with Gasteiger partial charge in [-0.3, -0.25) is 0 Å². The van der Waals surface area contributed by atoms with Gasteiger partial charge in [-0.2, -0.15) is 0 Å². The summed E-state index contributed by atoms with van der Waals surface area (Å²) in [4.78, 5) is 7.04. The molecule has 0 radical (unpaired) electrons. The smallest absolute Gasteiger partial charge is 0.133 e. The molecule has 1 N–H and O–H groups in total. The summed E-state index contributed by atoms with van der Waals surface area (Å²) in [5, 5.41) is 3.59. The van der Waals surface area contributed by atoms with Crippen LogP contribution in [-0.2, 0) is 6.54 Å². The first-order valence-electron chi connectivity index (χ1n) is 6.86. The summed E-state index contributed by atoms with van der Waals surface area (Å²) in [6, 6.07) is 5.04. The van der Waals surface area contributed by atoms with Crippen LogP contribution in [0.3, 0.4) is 0 Å². The number of nitrogens with one attached hydrogen (secondary N) is 1. The maximum atomic E-state index is 4.59. The molecule has 1 aliphatic heterocycles. The molecule has 0 bridgehead atoms. The maximum Gasteiger partial charge on any atom is 0.133 e. The van der Waals surface area contributed by atoms with E-state index in [4.69, 9.17) is 0 Å². The topological polar surface area (TPSA) is 28.2 Å². The van der Waals surface area contributed by atoms with E-state index in [0.717, 1.165) is 12.6 Å². The predicted octanol–water partition coefficient (Wildman–Crippen LogP) is 2.32. The van der Waals surface area contributed by atoms with Crippen LogP contribution in [-0.4, -0.2) is 24.1 Å². The Kier molecular flexibility index (Phi) is 3.27. The van der Waals surface area contributed by atoms with E-state index in [9.17, 15) is 0 Å². The minimum atomic E-state index is 0.768. The van der Waals surface area contributed by atoms with Gasteiger partial charge in [0.15, 0.2) is 0 Å². The molecular weight excluding hydrogens is 210 g/mol. The molecule has 2 heterocycles. The second-order valence-electron chi connectivity index (χ2n) is 5.19. The zero-order chi connectivity index (χ0) is 11.5. The molecule has 0 amide bonds. The summed E-state index contributed by atoms with van der Waals surface area (Å²) in [5.41, 5.74) is 1.36. The molecule has 1 aromatic rings. The van der Waals surface area contributed by atoms with E-state index in [0.29, 0.717) is 0 Å². The van der Waals surface area contributed by atoms with Crippen LogP contribution >= 0.6 is 0 Å². The zero-order valence-electron chi connectivity index (χ0n) is 10.4. The van der Waals surface area contributed by atoms with Gasteiger partial charge in [0.1, 0.15) is 5.82 Å². The van der Waals surface area contributed by atoms with Gasteiger partial charge in [0.05, 0.1) is 0 Å². The Hall–Kier alpha value is -1.09. The Balaban J connectivity index is 1.71. The van der Waals surface area contributed by atoms with E-state index in [1.807, 2.05) is 6.20 Å². The first kappa shape index (κ1) is 11.0. The number of aromatic nitrogens is 1. The first-order chi connectivity index (χ1) is 8.43. The van der Waals surface area contributed by atoms with Gasteiger partial charge in [0.25, 0.3) is 0 Å². The Morgan fingerprint density at radius 2 is 2.06 bits per heavy atom. The predicted molar refractivity (Wildman–Crippen MR) is 70.2 cm³/mol. The fraction of sp³-hybridized carbons (Fsp3) is 0.643. The van der Waals surface area contributed by atoms with E-state index >= 15 is 0 Å². The second-order valence-corrected chi connectivity index (χ2v) is 5.19. The average molecular weight is 231 g/mol. The highest BCUT2D eigenvalue weighted by molar-refractivity contribution is 5.47. The first-order valence-corrected chi connectivity index (χ1v) is 6.86. The number of nitrogens with zero attached hydrogens (tertiary/aromatic N) is 2. The number of pyridine rings is 1. The van der Waals surface area contributed by atoms with Crippen molar-refractivity contribution in [2.75, 3.05) is 18.0 Å². The number of hydrogen-bond acceptors (Lipinski definition) is 3. The van der Waals surface area contributed by atoms with Gasteiger partial charge < -0.3 is 10.2 Å². The third-order valence-corrected chi connectivity index (χ3v) is 3.68. The molecule has 92 valence electrons. The number of piperidine rings is 1. The highest BCUT2D eigenvalue weighted by Gasteiger charge is 2.21.